The topological polar surface area (TPSA) is 92.1 Å². The number of aliphatic hydroxyl groups is 1. The largest absolute Gasteiger partial charge is 0.488 e. The molecule has 1 fully saturated rings. The summed E-state index contributed by atoms with van der Waals surface area (Å²) in [7, 11) is 0. The van der Waals surface area contributed by atoms with E-state index >= 15 is 0 Å². The molecule has 0 amide bonds. The summed E-state index contributed by atoms with van der Waals surface area (Å²) >= 11 is 6.09. The monoisotopic (exact) mass is 418 g/mol. The number of aromatic nitrogens is 1. The van der Waals surface area contributed by atoms with Crippen molar-refractivity contribution in [1.82, 2.24) is 9.88 Å². The fourth-order valence-corrected chi connectivity index (χ4v) is 4.23. The van der Waals surface area contributed by atoms with Crippen LogP contribution < -0.4 is 9.47 Å². The lowest BCUT2D eigenvalue weighted by atomic mass is 9.87. The van der Waals surface area contributed by atoms with Crippen molar-refractivity contribution in [2.24, 2.45) is 0 Å². The first-order valence-corrected chi connectivity index (χ1v) is 10.00. The van der Waals surface area contributed by atoms with E-state index in [9.17, 15) is 15.0 Å². The zero-order valence-electron chi connectivity index (χ0n) is 15.9. The fourth-order valence-electron chi connectivity index (χ4n) is 4.03. The average Bonchev–Trinajstić information content (AvgIpc) is 3.05. The van der Waals surface area contributed by atoms with E-state index in [4.69, 9.17) is 21.1 Å². The summed E-state index contributed by atoms with van der Waals surface area (Å²) in [5.41, 5.74) is 1.01. The number of benzene rings is 1. The number of hydrogen-bond acceptors (Lipinski definition) is 6. The summed E-state index contributed by atoms with van der Waals surface area (Å²) in [5, 5.41) is 20.2. The molecule has 0 saturated carbocycles. The molecule has 8 heteroatoms. The number of rotatable bonds is 6. The standard InChI is InChI=1S/C21H23ClN2O5/c22-15-1-2-18-14(9-15)10-21(29-18)4-7-24(8-5-21)12-16(25)13-28-19-11-23-6-3-17(19)20(26)27/h1-3,6,9,11,16,25H,4-5,7-8,10,12-13H2,(H,26,27)/t16-/m0/s1. The minimum atomic E-state index is -1.09. The molecular weight excluding hydrogens is 396 g/mol. The highest BCUT2D eigenvalue weighted by Crippen LogP contribution is 2.41. The lowest BCUT2D eigenvalue weighted by Gasteiger charge is -2.39. The predicted molar refractivity (Wildman–Crippen MR) is 107 cm³/mol. The van der Waals surface area contributed by atoms with Crippen LogP contribution >= 0.6 is 11.6 Å². The van der Waals surface area contributed by atoms with E-state index in [1.54, 1.807) is 0 Å². The van der Waals surface area contributed by atoms with Crippen LogP contribution in [0, 0.1) is 0 Å². The van der Waals surface area contributed by atoms with Crippen molar-refractivity contribution >= 4 is 17.6 Å². The molecule has 2 N–H and O–H groups in total. The Morgan fingerprint density at radius 3 is 2.90 bits per heavy atom. The minimum Gasteiger partial charge on any atom is -0.488 e. The molecule has 2 aliphatic heterocycles. The zero-order chi connectivity index (χ0) is 20.4. The first kappa shape index (κ1) is 19.9. The quantitative estimate of drug-likeness (QED) is 0.745. The van der Waals surface area contributed by atoms with E-state index in [1.165, 1.54) is 18.5 Å². The van der Waals surface area contributed by atoms with Gasteiger partial charge in [-0.25, -0.2) is 4.79 Å². The first-order valence-electron chi connectivity index (χ1n) is 9.62. The van der Waals surface area contributed by atoms with E-state index in [2.05, 4.69) is 9.88 Å². The van der Waals surface area contributed by atoms with Gasteiger partial charge >= 0.3 is 5.97 Å². The summed E-state index contributed by atoms with van der Waals surface area (Å²) in [6.07, 6.45) is 4.63. The molecule has 1 aromatic heterocycles. The molecule has 0 aliphatic carbocycles. The van der Waals surface area contributed by atoms with Crippen LogP contribution in [0.1, 0.15) is 28.8 Å². The number of nitrogens with zero attached hydrogens (tertiary/aromatic N) is 2. The molecule has 1 atom stereocenters. The second-order valence-corrected chi connectivity index (χ2v) is 8.09. The first-order chi connectivity index (χ1) is 13.9. The third kappa shape index (κ3) is 4.47. The Kier molecular flexibility index (Phi) is 5.63. The lowest BCUT2D eigenvalue weighted by molar-refractivity contribution is -0.00205. The molecule has 7 nitrogen and oxygen atoms in total. The molecule has 3 heterocycles. The van der Waals surface area contributed by atoms with Gasteiger partial charge in [-0.2, -0.15) is 0 Å². The summed E-state index contributed by atoms with van der Waals surface area (Å²) in [5.74, 6) is -0.00789. The highest BCUT2D eigenvalue weighted by Gasteiger charge is 2.42. The van der Waals surface area contributed by atoms with Crippen molar-refractivity contribution in [1.29, 1.82) is 0 Å². The smallest absolute Gasteiger partial charge is 0.339 e. The van der Waals surface area contributed by atoms with Crippen molar-refractivity contribution in [3.05, 3.63) is 52.8 Å². The second-order valence-electron chi connectivity index (χ2n) is 7.66. The lowest BCUT2D eigenvalue weighted by Crippen LogP contribution is -2.49. The number of carboxylic acids is 1. The summed E-state index contributed by atoms with van der Waals surface area (Å²) in [4.78, 5) is 17.3. The van der Waals surface area contributed by atoms with Crippen LogP contribution in [0.2, 0.25) is 5.02 Å². The number of aromatic carboxylic acids is 1. The van der Waals surface area contributed by atoms with Crippen LogP contribution in [-0.2, 0) is 6.42 Å². The SMILES string of the molecule is O=C(O)c1ccncc1OC[C@@H](O)CN1CCC2(CC1)Cc1cc(Cl)ccc1O2. The molecule has 2 aliphatic rings. The number of carboxylic acid groups (broad SMARTS) is 1. The molecule has 1 aromatic carbocycles. The van der Waals surface area contributed by atoms with Gasteiger partial charge in [0.1, 0.15) is 29.6 Å². The van der Waals surface area contributed by atoms with Crippen LogP contribution in [-0.4, -0.2) is 64.0 Å². The van der Waals surface area contributed by atoms with E-state index in [-0.39, 0.29) is 23.5 Å². The Balaban J connectivity index is 1.27. The van der Waals surface area contributed by atoms with Gasteiger partial charge in [-0.05, 0) is 29.8 Å². The maximum Gasteiger partial charge on any atom is 0.339 e. The molecule has 154 valence electrons. The Morgan fingerprint density at radius 2 is 2.14 bits per heavy atom. The van der Waals surface area contributed by atoms with Gasteiger partial charge in [-0.15, -0.1) is 0 Å². The summed E-state index contributed by atoms with van der Waals surface area (Å²) < 4.78 is 11.7. The Morgan fingerprint density at radius 1 is 1.34 bits per heavy atom. The number of likely N-dealkylation sites (tertiary alicyclic amines) is 1. The normalized spacial score (nSPS) is 18.8. The molecule has 0 radical (unpaired) electrons. The highest BCUT2D eigenvalue weighted by molar-refractivity contribution is 6.30. The third-order valence-corrected chi connectivity index (χ3v) is 5.78. The predicted octanol–water partition coefficient (Wildman–Crippen LogP) is 2.64. The Bertz CT molecular complexity index is 898. The number of aliphatic hydroxyl groups excluding tert-OH is 1. The van der Waals surface area contributed by atoms with E-state index in [0.717, 1.165) is 48.7 Å². The van der Waals surface area contributed by atoms with Crippen LogP contribution in [0.15, 0.2) is 36.7 Å². The maximum absolute atomic E-state index is 11.2. The Hall–Kier alpha value is -2.35. The molecular formula is C21H23ClN2O5. The number of piperidine rings is 1. The van der Waals surface area contributed by atoms with E-state index in [1.807, 2.05) is 18.2 Å². The van der Waals surface area contributed by atoms with Gasteiger partial charge in [0.25, 0.3) is 0 Å². The van der Waals surface area contributed by atoms with Crippen LogP contribution in [0.4, 0.5) is 0 Å². The van der Waals surface area contributed by atoms with Crippen molar-refractivity contribution < 1.29 is 24.5 Å². The average molecular weight is 419 g/mol. The van der Waals surface area contributed by atoms with Crippen LogP contribution in [0.3, 0.4) is 0 Å². The van der Waals surface area contributed by atoms with Crippen LogP contribution in [0.5, 0.6) is 11.5 Å². The summed E-state index contributed by atoms with van der Waals surface area (Å²) in [6.45, 7) is 2.09. The molecule has 4 rings (SSSR count). The second kappa shape index (κ2) is 8.18. The van der Waals surface area contributed by atoms with Crippen molar-refractivity contribution in [2.75, 3.05) is 26.2 Å². The van der Waals surface area contributed by atoms with Gasteiger partial charge in [-0.1, -0.05) is 11.6 Å². The molecule has 2 aromatic rings. The molecule has 29 heavy (non-hydrogen) atoms. The number of halogens is 1. The van der Waals surface area contributed by atoms with Crippen molar-refractivity contribution in [3.8, 4) is 11.5 Å². The van der Waals surface area contributed by atoms with Crippen molar-refractivity contribution in [2.45, 2.75) is 31.0 Å². The summed E-state index contributed by atoms with van der Waals surface area (Å²) in [6, 6.07) is 7.14. The van der Waals surface area contributed by atoms with Gasteiger partial charge in [0.05, 0.1) is 6.20 Å². The van der Waals surface area contributed by atoms with Gasteiger partial charge in [0.2, 0.25) is 0 Å². The number of β-amino-alcohol motifs (C(OH)–C–C–N with tert-alkyl or cyclic N) is 1. The molecule has 0 unspecified atom stereocenters. The van der Waals surface area contributed by atoms with Gasteiger partial charge in [0, 0.05) is 50.1 Å². The van der Waals surface area contributed by atoms with Gasteiger partial charge < -0.3 is 24.6 Å². The number of hydrogen-bond donors (Lipinski definition) is 2. The third-order valence-electron chi connectivity index (χ3n) is 5.54. The number of ether oxygens (including phenoxy) is 2. The number of carbonyl (C=O) groups is 1. The van der Waals surface area contributed by atoms with E-state index in [0.29, 0.717) is 6.54 Å². The number of fused-ring (bicyclic) bond motifs is 1. The molecule has 0 bridgehead atoms. The van der Waals surface area contributed by atoms with Crippen molar-refractivity contribution in [3.63, 3.8) is 0 Å². The zero-order valence-corrected chi connectivity index (χ0v) is 16.6. The highest BCUT2D eigenvalue weighted by atomic mass is 35.5. The molecule has 1 spiro atoms. The molecule has 1 saturated heterocycles. The van der Waals surface area contributed by atoms with Gasteiger partial charge in [-0.3, -0.25) is 4.98 Å². The Labute approximate surface area is 173 Å². The maximum atomic E-state index is 11.2. The number of pyridine rings is 1. The van der Waals surface area contributed by atoms with Crippen LogP contribution in [0.25, 0.3) is 0 Å². The fraction of sp³-hybridized carbons (Fsp3) is 0.429. The van der Waals surface area contributed by atoms with E-state index < -0.39 is 12.1 Å². The van der Waals surface area contributed by atoms with Gasteiger partial charge in [0.15, 0.2) is 5.75 Å². The minimum absolute atomic E-state index is 0.00799.